The fraction of sp³-hybridized carbons (Fsp3) is 0.348. The second-order valence-corrected chi connectivity index (χ2v) is 7.60. The van der Waals surface area contributed by atoms with Gasteiger partial charge >= 0.3 is 0 Å². The largest absolute Gasteiger partial charge is 0.313 e. The molecular weight excluding hydrogens is 334 g/mol. The van der Waals surface area contributed by atoms with E-state index in [1.54, 1.807) is 0 Å². The lowest BCUT2D eigenvalue weighted by molar-refractivity contribution is 0.110. The molecule has 1 aliphatic heterocycles. The van der Waals surface area contributed by atoms with E-state index < -0.39 is 0 Å². The summed E-state index contributed by atoms with van der Waals surface area (Å²) in [5.74, 6) is 0. The van der Waals surface area contributed by atoms with Gasteiger partial charge in [0.1, 0.15) is 0 Å². The van der Waals surface area contributed by atoms with E-state index in [1.807, 2.05) is 53.2 Å². The topological polar surface area (TPSA) is 28.5 Å². The molecule has 1 aliphatic rings. The molecule has 0 bridgehead atoms. The maximum Gasteiger partial charge on any atom is 0.258 e. The first-order valence-electron chi connectivity index (χ1n) is 9.73. The molecule has 140 valence electrons. The minimum atomic E-state index is 0.103. The molecule has 1 saturated heterocycles. The maximum absolute atomic E-state index is 13.1. The summed E-state index contributed by atoms with van der Waals surface area (Å²) in [4.78, 5) is 18.0. The van der Waals surface area contributed by atoms with Crippen LogP contribution in [0.15, 0.2) is 65.6 Å². The molecule has 4 heteroatoms. The van der Waals surface area contributed by atoms with E-state index in [-0.39, 0.29) is 5.56 Å². The van der Waals surface area contributed by atoms with Crippen LogP contribution in [0.25, 0.3) is 21.9 Å². The Hall–Kier alpha value is -2.43. The maximum atomic E-state index is 13.1. The normalized spacial score (nSPS) is 17.3. The van der Waals surface area contributed by atoms with Crippen LogP contribution in [0, 0.1) is 0 Å². The highest BCUT2D eigenvalue weighted by atomic mass is 16.1. The van der Waals surface area contributed by atoms with Gasteiger partial charge in [0, 0.05) is 55.9 Å². The van der Waals surface area contributed by atoms with E-state index in [9.17, 15) is 4.79 Å². The van der Waals surface area contributed by atoms with Crippen molar-refractivity contribution in [1.29, 1.82) is 0 Å². The van der Waals surface area contributed by atoms with Crippen molar-refractivity contribution in [2.45, 2.75) is 19.5 Å². The summed E-state index contributed by atoms with van der Waals surface area (Å²) in [5, 5.41) is 1.82. The number of fused-ring (bicyclic) bond motifs is 1. The summed E-state index contributed by atoms with van der Waals surface area (Å²) in [6.07, 6.45) is 2.05. The highest BCUT2D eigenvalue weighted by Crippen LogP contribution is 2.26. The third-order valence-corrected chi connectivity index (χ3v) is 5.70. The van der Waals surface area contributed by atoms with Crippen LogP contribution >= 0.6 is 0 Å². The number of pyridine rings is 1. The molecule has 1 aromatic heterocycles. The minimum absolute atomic E-state index is 0.103. The van der Waals surface area contributed by atoms with Crippen molar-refractivity contribution in [3.8, 4) is 11.1 Å². The number of hydrogen-bond acceptors (Lipinski definition) is 3. The number of aromatic nitrogens is 1. The molecule has 0 N–H and O–H groups in total. The van der Waals surface area contributed by atoms with Gasteiger partial charge in [0.05, 0.1) is 0 Å². The first-order chi connectivity index (χ1) is 13.1. The van der Waals surface area contributed by atoms with Gasteiger partial charge in [-0.3, -0.25) is 9.69 Å². The number of likely N-dealkylation sites (N-methyl/N-ethyl adjacent to an activating group) is 1. The zero-order chi connectivity index (χ0) is 18.8. The fourth-order valence-electron chi connectivity index (χ4n) is 3.99. The highest BCUT2D eigenvalue weighted by Gasteiger charge is 2.20. The van der Waals surface area contributed by atoms with Crippen molar-refractivity contribution in [1.82, 2.24) is 14.4 Å². The smallest absolute Gasteiger partial charge is 0.258 e. The molecule has 0 radical (unpaired) electrons. The van der Waals surface area contributed by atoms with Crippen LogP contribution in [0.3, 0.4) is 0 Å². The Balaban J connectivity index is 1.73. The van der Waals surface area contributed by atoms with Crippen molar-refractivity contribution in [3.63, 3.8) is 0 Å². The number of nitrogens with zero attached hydrogens (tertiary/aromatic N) is 3. The zero-order valence-corrected chi connectivity index (χ0v) is 16.1. The average molecular weight is 361 g/mol. The van der Waals surface area contributed by atoms with Gasteiger partial charge in [0.25, 0.3) is 5.56 Å². The summed E-state index contributed by atoms with van der Waals surface area (Å²) < 4.78 is 1.91. The lowest BCUT2D eigenvalue weighted by Gasteiger charge is -2.36. The van der Waals surface area contributed by atoms with E-state index >= 15 is 0 Å². The summed E-state index contributed by atoms with van der Waals surface area (Å²) in [7, 11) is 2.17. The molecule has 27 heavy (non-hydrogen) atoms. The first kappa shape index (κ1) is 18.0. The van der Waals surface area contributed by atoms with Crippen molar-refractivity contribution >= 4 is 10.8 Å². The lowest BCUT2D eigenvalue weighted by Crippen LogP contribution is -2.49. The third-order valence-electron chi connectivity index (χ3n) is 5.70. The second-order valence-electron chi connectivity index (χ2n) is 7.60. The Labute approximate surface area is 160 Å². The van der Waals surface area contributed by atoms with Gasteiger partial charge in [-0.15, -0.1) is 0 Å². The predicted octanol–water partition coefficient (Wildman–Crippen LogP) is 3.30. The Morgan fingerprint density at radius 1 is 0.889 bits per heavy atom. The van der Waals surface area contributed by atoms with E-state index in [0.717, 1.165) is 48.1 Å². The monoisotopic (exact) mass is 361 g/mol. The highest BCUT2D eigenvalue weighted by molar-refractivity contribution is 5.95. The van der Waals surface area contributed by atoms with Crippen molar-refractivity contribution in [3.05, 3.63) is 71.1 Å². The molecule has 1 unspecified atom stereocenters. The lowest BCUT2D eigenvalue weighted by atomic mass is 10.0. The quantitative estimate of drug-likeness (QED) is 0.714. The second kappa shape index (κ2) is 7.67. The Kier molecular flexibility index (Phi) is 5.10. The molecule has 4 rings (SSSR count). The SMILES string of the molecule is CC(Cn1cc(-c2ccccc2)c2ccccc2c1=O)N1CCN(C)CC1. The van der Waals surface area contributed by atoms with Crippen LogP contribution in [-0.4, -0.2) is 53.6 Å². The number of hydrogen-bond donors (Lipinski definition) is 0. The molecule has 0 spiro atoms. The van der Waals surface area contributed by atoms with E-state index in [0.29, 0.717) is 12.6 Å². The zero-order valence-electron chi connectivity index (χ0n) is 16.1. The average Bonchev–Trinajstić information content (AvgIpc) is 2.71. The van der Waals surface area contributed by atoms with Crippen molar-refractivity contribution in [2.24, 2.45) is 0 Å². The molecule has 1 fully saturated rings. The minimum Gasteiger partial charge on any atom is -0.313 e. The Bertz CT molecular complexity index is 972. The summed E-state index contributed by atoms with van der Waals surface area (Å²) in [5.41, 5.74) is 2.37. The third kappa shape index (κ3) is 3.68. The van der Waals surface area contributed by atoms with E-state index in [2.05, 4.69) is 35.9 Å². The van der Waals surface area contributed by atoms with Gasteiger partial charge in [0.2, 0.25) is 0 Å². The molecule has 1 atom stereocenters. The van der Waals surface area contributed by atoms with Gasteiger partial charge in [0.15, 0.2) is 0 Å². The van der Waals surface area contributed by atoms with Gasteiger partial charge in [-0.25, -0.2) is 0 Å². The van der Waals surface area contributed by atoms with Gasteiger partial charge in [-0.1, -0.05) is 48.5 Å². The predicted molar refractivity (Wildman–Crippen MR) is 112 cm³/mol. The van der Waals surface area contributed by atoms with Crippen LogP contribution in [-0.2, 0) is 6.54 Å². The van der Waals surface area contributed by atoms with E-state index in [4.69, 9.17) is 0 Å². The molecule has 2 aromatic carbocycles. The molecular formula is C23H27N3O. The standard InChI is InChI=1S/C23H27N3O/c1-18(25-14-12-24(2)13-15-25)16-26-17-22(19-8-4-3-5-9-19)20-10-6-7-11-21(20)23(26)27/h3-11,17-18H,12-16H2,1-2H3. The van der Waals surface area contributed by atoms with Crippen molar-refractivity contribution in [2.75, 3.05) is 33.2 Å². The van der Waals surface area contributed by atoms with Crippen LogP contribution in [0.1, 0.15) is 6.92 Å². The number of piperazine rings is 1. The molecule has 2 heterocycles. The number of benzene rings is 2. The van der Waals surface area contributed by atoms with Crippen LogP contribution in [0.4, 0.5) is 0 Å². The van der Waals surface area contributed by atoms with Gasteiger partial charge < -0.3 is 9.47 Å². The molecule has 4 nitrogen and oxygen atoms in total. The molecule has 0 saturated carbocycles. The molecule has 0 amide bonds. The Morgan fingerprint density at radius 3 is 2.22 bits per heavy atom. The van der Waals surface area contributed by atoms with E-state index in [1.165, 1.54) is 0 Å². The van der Waals surface area contributed by atoms with Crippen LogP contribution in [0.2, 0.25) is 0 Å². The molecule has 0 aliphatic carbocycles. The van der Waals surface area contributed by atoms with Gasteiger partial charge in [-0.2, -0.15) is 0 Å². The number of rotatable bonds is 4. The Morgan fingerprint density at radius 2 is 1.52 bits per heavy atom. The summed E-state index contributed by atoms with van der Waals surface area (Å²) >= 11 is 0. The first-order valence-corrected chi connectivity index (χ1v) is 9.73. The van der Waals surface area contributed by atoms with Crippen LogP contribution < -0.4 is 5.56 Å². The van der Waals surface area contributed by atoms with Crippen molar-refractivity contribution < 1.29 is 0 Å². The summed E-state index contributed by atoms with van der Waals surface area (Å²) in [6.45, 7) is 7.25. The fourth-order valence-corrected chi connectivity index (χ4v) is 3.99. The van der Waals surface area contributed by atoms with Crippen LogP contribution in [0.5, 0.6) is 0 Å². The van der Waals surface area contributed by atoms with Gasteiger partial charge in [-0.05, 0) is 31.0 Å². The molecule has 3 aromatic rings. The summed E-state index contributed by atoms with van der Waals surface area (Å²) in [6, 6.07) is 18.6.